The second-order valence-corrected chi connectivity index (χ2v) is 5.71. The Labute approximate surface area is 130 Å². The van der Waals surface area contributed by atoms with Crippen LogP contribution in [0.4, 0.5) is 0 Å². The fraction of sp³-hybridized carbons (Fsp3) is 0.714. The third-order valence-electron chi connectivity index (χ3n) is 3.03. The largest absolute Gasteiger partial charge is 0.349 e. The Morgan fingerprint density at radius 2 is 1.90 bits per heavy atom. The Morgan fingerprint density at radius 3 is 2.48 bits per heavy atom. The molecule has 6 nitrogen and oxygen atoms in total. The Morgan fingerprint density at radius 1 is 1.19 bits per heavy atom. The molecule has 0 spiro atoms. The number of amides is 2. The molecule has 0 bridgehead atoms. The first-order valence-electron chi connectivity index (χ1n) is 6.98. The maximum atomic E-state index is 12.0. The molecule has 0 heterocycles. The van der Waals surface area contributed by atoms with Crippen LogP contribution in [0.1, 0.15) is 32.1 Å². The van der Waals surface area contributed by atoms with Crippen molar-refractivity contribution in [2.45, 2.75) is 37.4 Å². The first-order chi connectivity index (χ1) is 10.1. The summed E-state index contributed by atoms with van der Waals surface area (Å²) in [7, 11) is 1.73. The number of unbranched alkanes of at least 4 members (excludes halogenated alkanes) is 2. The van der Waals surface area contributed by atoms with Crippen LogP contribution in [-0.2, 0) is 19.2 Å². The van der Waals surface area contributed by atoms with E-state index in [0.717, 1.165) is 25.5 Å². The maximum absolute atomic E-state index is 12.0. The molecule has 0 radical (unpaired) electrons. The molecule has 21 heavy (non-hydrogen) atoms. The van der Waals surface area contributed by atoms with Gasteiger partial charge in [-0.2, -0.15) is 11.8 Å². The summed E-state index contributed by atoms with van der Waals surface area (Å²) in [6.45, 7) is 0.674. The van der Waals surface area contributed by atoms with Crippen molar-refractivity contribution in [1.29, 1.82) is 0 Å². The van der Waals surface area contributed by atoms with E-state index < -0.39 is 0 Å². The molecule has 0 aromatic heterocycles. The van der Waals surface area contributed by atoms with E-state index >= 15 is 0 Å². The van der Waals surface area contributed by atoms with Gasteiger partial charge in [0, 0.05) is 26.4 Å². The van der Waals surface area contributed by atoms with E-state index in [1.165, 1.54) is 11.8 Å². The van der Waals surface area contributed by atoms with Gasteiger partial charge in [-0.1, -0.05) is 6.42 Å². The average molecular weight is 316 g/mol. The molecule has 0 aromatic rings. The van der Waals surface area contributed by atoms with Gasteiger partial charge >= 0.3 is 0 Å². The number of nitrogens with one attached hydrogen (secondary N) is 1. The lowest BCUT2D eigenvalue weighted by Gasteiger charge is -2.21. The van der Waals surface area contributed by atoms with E-state index in [0.29, 0.717) is 19.3 Å². The van der Waals surface area contributed by atoms with Crippen LogP contribution in [0, 0.1) is 0 Å². The van der Waals surface area contributed by atoms with Crippen LogP contribution in [0.15, 0.2) is 0 Å². The van der Waals surface area contributed by atoms with Crippen molar-refractivity contribution < 1.29 is 19.2 Å². The smallest absolute Gasteiger partial charge is 0.235 e. The molecule has 0 saturated heterocycles. The molecular formula is C14H24N2O4S. The number of carbonyl (C=O) groups excluding carboxylic acids is 4. The molecule has 1 unspecified atom stereocenters. The van der Waals surface area contributed by atoms with Crippen LogP contribution in [0.25, 0.3) is 0 Å². The number of rotatable bonds is 12. The van der Waals surface area contributed by atoms with Crippen LogP contribution in [0.2, 0.25) is 0 Å². The fourth-order valence-corrected chi connectivity index (χ4v) is 2.45. The molecule has 0 rings (SSSR count). The van der Waals surface area contributed by atoms with Crippen LogP contribution >= 0.6 is 11.8 Å². The normalized spacial score (nSPS) is 11.5. The standard InChI is InChI=1S/C14H24N2O4S/c1-16(14(20)12(21-2)7-10-17)9-5-3-4-6-13(19)15-8-11-18/h10-12H,3-9H2,1-2H3,(H,15,19). The molecule has 120 valence electrons. The molecule has 1 atom stereocenters. The quantitative estimate of drug-likeness (QED) is 0.422. The van der Waals surface area contributed by atoms with Crippen LogP contribution in [-0.4, -0.2) is 60.9 Å². The van der Waals surface area contributed by atoms with E-state index in [4.69, 9.17) is 0 Å². The topological polar surface area (TPSA) is 83.6 Å². The molecular weight excluding hydrogens is 292 g/mol. The molecule has 0 aliphatic rings. The Bertz CT molecular complexity index is 350. The van der Waals surface area contributed by atoms with Gasteiger partial charge in [-0.05, 0) is 19.1 Å². The molecule has 1 N–H and O–H groups in total. The Kier molecular flexibility index (Phi) is 11.6. The van der Waals surface area contributed by atoms with Gasteiger partial charge in [-0.15, -0.1) is 0 Å². The SMILES string of the molecule is CSC(CC=O)C(=O)N(C)CCCCCC(=O)NCC=O. The zero-order valence-corrected chi connectivity index (χ0v) is 13.5. The van der Waals surface area contributed by atoms with E-state index in [1.54, 1.807) is 11.9 Å². The minimum Gasteiger partial charge on any atom is -0.349 e. The molecule has 7 heteroatoms. The molecule has 0 aromatic carbocycles. The highest BCUT2D eigenvalue weighted by molar-refractivity contribution is 7.99. The highest BCUT2D eigenvalue weighted by Crippen LogP contribution is 2.13. The lowest BCUT2D eigenvalue weighted by atomic mass is 10.1. The second-order valence-electron chi connectivity index (χ2n) is 4.67. The molecule has 0 fully saturated rings. The van der Waals surface area contributed by atoms with Gasteiger partial charge in [0.2, 0.25) is 11.8 Å². The highest BCUT2D eigenvalue weighted by atomic mass is 32.2. The minimum atomic E-state index is -0.304. The summed E-state index contributed by atoms with van der Waals surface area (Å²) in [6, 6.07) is 0. The van der Waals surface area contributed by atoms with Crippen molar-refractivity contribution in [2.75, 3.05) is 26.4 Å². The summed E-state index contributed by atoms with van der Waals surface area (Å²) in [5.74, 6) is -0.154. The van der Waals surface area contributed by atoms with Gasteiger partial charge < -0.3 is 19.8 Å². The van der Waals surface area contributed by atoms with Crippen molar-refractivity contribution in [1.82, 2.24) is 10.2 Å². The zero-order valence-electron chi connectivity index (χ0n) is 12.7. The van der Waals surface area contributed by atoms with E-state index in [-0.39, 0.29) is 30.0 Å². The predicted octanol–water partition coefficient (Wildman–Crippen LogP) is 0.641. The maximum Gasteiger partial charge on any atom is 0.235 e. The summed E-state index contributed by atoms with van der Waals surface area (Å²) in [4.78, 5) is 45.4. The zero-order chi connectivity index (χ0) is 16.1. The van der Waals surface area contributed by atoms with Gasteiger partial charge in [0.25, 0.3) is 0 Å². The molecule has 0 aliphatic carbocycles. The van der Waals surface area contributed by atoms with E-state index in [2.05, 4.69) is 5.32 Å². The summed E-state index contributed by atoms with van der Waals surface area (Å²) in [5, 5.41) is 2.18. The van der Waals surface area contributed by atoms with Gasteiger partial charge in [0.1, 0.15) is 12.6 Å². The van der Waals surface area contributed by atoms with Gasteiger partial charge in [-0.3, -0.25) is 9.59 Å². The van der Waals surface area contributed by atoms with Crippen LogP contribution in [0.3, 0.4) is 0 Å². The molecule has 0 aliphatic heterocycles. The van der Waals surface area contributed by atoms with Crippen molar-refractivity contribution >= 4 is 36.1 Å². The number of hydrogen-bond donors (Lipinski definition) is 1. The minimum absolute atomic E-state index is 0.0293. The molecule has 0 saturated carbocycles. The summed E-state index contributed by atoms with van der Waals surface area (Å²) in [6.07, 6.45) is 6.25. The highest BCUT2D eigenvalue weighted by Gasteiger charge is 2.20. The van der Waals surface area contributed by atoms with Crippen molar-refractivity contribution in [3.8, 4) is 0 Å². The summed E-state index contributed by atoms with van der Waals surface area (Å²) < 4.78 is 0. The Balaban J connectivity index is 3.80. The molecule has 2 amide bonds. The predicted molar refractivity (Wildman–Crippen MR) is 83.2 cm³/mol. The number of carbonyl (C=O) groups is 4. The van der Waals surface area contributed by atoms with Crippen LogP contribution < -0.4 is 5.32 Å². The number of aldehydes is 2. The number of nitrogens with zero attached hydrogens (tertiary/aromatic N) is 1. The second kappa shape index (κ2) is 12.4. The summed E-state index contributed by atoms with van der Waals surface area (Å²) >= 11 is 1.38. The fourth-order valence-electron chi connectivity index (χ4n) is 1.80. The summed E-state index contributed by atoms with van der Waals surface area (Å²) in [5.41, 5.74) is 0. The number of hydrogen-bond acceptors (Lipinski definition) is 5. The van der Waals surface area contributed by atoms with E-state index in [1.807, 2.05) is 6.26 Å². The Hall–Kier alpha value is -1.37. The van der Waals surface area contributed by atoms with Crippen LogP contribution in [0.5, 0.6) is 0 Å². The van der Waals surface area contributed by atoms with Gasteiger partial charge in [0.15, 0.2) is 0 Å². The monoisotopic (exact) mass is 316 g/mol. The van der Waals surface area contributed by atoms with E-state index in [9.17, 15) is 19.2 Å². The average Bonchev–Trinajstić information content (AvgIpc) is 2.49. The lowest BCUT2D eigenvalue weighted by molar-refractivity contribution is -0.130. The first kappa shape index (κ1) is 19.6. The first-order valence-corrected chi connectivity index (χ1v) is 8.27. The van der Waals surface area contributed by atoms with Crippen molar-refractivity contribution in [3.05, 3.63) is 0 Å². The van der Waals surface area contributed by atoms with Crippen molar-refractivity contribution in [3.63, 3.8) is 0 Å². The lowest BCUT2D eigenvalue weighted by Crippen LogP contribution is -2.35. The third kappa shape index (κ3) is 9.23. The van der Waals surface area contributed by atoms with Gasteiger partial charge in [0.05, 0.1) is 11.8 Å². The van der Waals surface area contributed by atoms with Crippen molar-refractivity contribution in [2.24, 2.45) is 0 Å². The van der Waals surface area contributed by atoms with Gasteiger partial charge in [-0.25, -0.2) is 0 Å². The number of thioether (sulfide) groups is 1. The third-order valence-corrected chi connectivity index (χ3v) is 3.99.